The molecule has 0 spiro atoms. The lowest BCUT2D eigenvalue weighted by atomic mass is 9.43. The number of aromatic amines is 1. The van der Waals surface area contributed by atoms with Gasteiger partial charge in [-0.3, -0.25) is 0 Å². The molecule has 5 heteroatoms. The lowest BCUT2D eigenvalue weighted by Gasteiger charge is -2.63. The van der Waals surface area contributed by atoms with Crippen molar-refractivity contribution in [2.45, 2.75) is 91.0 Å². The lowest BCUT2D eigenvalue weighted by Crippen LogP contribution is -2.62. The molecule has 5 nitrogen and oxygen atoms in total. The van der Waals surface area contributed by atoms with Crippen molar-refractivity contribution in [1.29, 1.82) is 0 Å². The predicted octanol–water partition coefficient (Wildman–Crippen LogP) is 5.18. The van der Waals surface area contributed by atoms with Crippen molar-refractivity contribution in [3.63, 3.8) is 0 Å². The summed E-state index contributed by atoms with van der Waals surface area (Å²) >= 11 is 0. The Kier molecular flexibility index (Phi) is 5.94. The van der Waals surface area contributed by atoms with Crippen molar-refractivity contribution in [2.24, 2.45) is 46.3 Å². The molecule has 4 aliphatic rings. The van der Waals surface area contributed by atoms with E-state index in [4.69, 9.17) is 4.98 Å². The molecule has 3 fully saturated rings. The second-order valence-corrected chi connectivity index (χ2v) is 13.4. The van der Waals surface area contributed by atoms with Crippen molar-refractivity contribution in [3.8, 4) is 0 Å². The van der Waals surface area contributed by atoms with Crippen molar-refractivity contribution in [1.82, 2.24) is 9.97 Å². The van der Waals surface area contributed by atoms with Gasteiger partial charge in [-0.05, 0) is 104 Å². The summed E-state index contributed by atoms with van der Waals surface area (Å²) < 4.78 is 0. The monoisotopic (exact) mass is 492 g/mol. The summed E-state index contributed by atoms with van der Waals surface area (Å²) in [6.45, 7) is 9.10. The summed E-state index contributed by atoms with van der Waals surface area (Å²) in [5.74, 6) is 2.79. The van der Waals surface area contributed by atoms with Gasteiger partial charge in [-0.25, -0.2) is 4.98 Å². The van der Waals surface area contributed by atoms with Gasteiger partial charge in [-0.2, -0.15) is 0 Å². The highest BCUT2D eigenvalue weighted by molar-refractivity contribution is 5.75. The molecular weight excluding hydrogens is 448 g/mol. The molecule has 2 aromatic rings. The Hall–Kier alpha value is -1.69. The number of hydrogen-bond donors (Lipinski definition) is 4. The van der Waals surface area contributed by atoms with E-state index in [1.165, 1.54) is 5.56 Å². The molecule has 0 amide bonds. The second-order valence-electron chi connectivity index (χ2n) is 13.4. The van der Waals surface area contributed by atoms with Crippen LogP contribution in [0.15, 0.2) is 30.4 Å². The Labute approximate surface area is 215 Å². The number of nitrogens with one attached hydrogen (secondary N) is 1. The number of aromatic nitrogens is 2. The highest BCUT2D eigenvalue weighted by Gasteiger charge is 2.64. The number of fused-ring (bicyclic) bond motifs is 6. The minimum atomic E-state index is -0.380. The minimum Gasteiger partial charge on any atom is -0.393 e. The van der Waals surface area contributed by atoms with E-state index in [0.29, 0.717) is 17.8 Å². The van der Waals surface area contributed by atoms with E-state index in [2.05, 4.69) is 63.0 Å². The van der Waals surface area contributed by atoms with E-state index < -0.39 is 0 Å². The van der Waals surface area contributed by atoms with Gasteiger partial charge in [0, 0.05) is 11.8 Å². The van der Waals surface area contributed by atoms with Gasteiger partial charge in [0.2, 0.25) is 0 Å². The number of H-pyrrole nitrogens is 1. The number of aliphatic hydroxyl groups is 3. The summed E-state index contributed by atoms with van der Waals surface area (Å²) in [7, 11) is 0. The first kappa shape index (κ1) is 24.6. The zero-order chi connectivity index (χ0) is 25.4. The van der Waals surface area contributed by atoms with Crippen LogP contribution < -0.4 is 0 Å². The van der Waals surface area contributed by atoms with Gasteiger partial charge in [0.1, 0.15) is 5.82 Å². The first-order valence-corrected chi connectivity index (χ1v) is 14.3. The first-order valence-electron chi connectivity index (χ1n) is 14.3. The zero-order valence-corrected chi connectivity index (χ0v) is 22.3. The van der Waals surface area contributed by atoms with Gasteiger partial charge in [-0.1, -0.05) is 39.0 Å². The average molecular weight is 493 g/mol. The summed E-state index contributed by atoms with van der Waals surface area (Å²) in [4.78, 5) is 8.31. The molecule has 0 saturated heterocycles. The number of aliphatic hydroxyl groups excluding tert-OH is 3. The molecule has 1 aromatic heterocycles. The van der Waals surface area contributed by atoms with Crippen LogP contribution in [0.5, 0.6) is 0 Å². The molecule has 1 unspecified atom stereocenters. The summed E-state index contributed by atoms with van der Waals surface area (Å²) in [6, 6.07) is 6.35. The third-order valence-electron chi connectivity index (χ3n) is 11.5. The smallest absolute Gasteiger partial charge is 0.107 e. The van der Waals surface area contributed by atoms with Crippen LogP contribution in [-0.2, 0) is 6.42 Å². The van der Waals surface area contributed by atoms with E-state index >= 15 is 0 Å². The Morgan fingerprint density at radius 1 is 1.11 bits per heavy atom. The highest BCUT2D eigenvalue weighted by Crippen LogP contribution is 2.66. The fourth-order valence-corrected chi connectivity index (χ4v) is 9.32. The van der Waals surface area contributed by atoms with Crippen LogP contribution in [0.2, 0.25) is 0 Å². The minimum absolute atomic E-state index is 0.0998. The van der Waals surface area contributed by atoms with Gasteiger partial charge in [0.25, 0.3) is 0 Å². The van der Waals surface area contributed by atoms with Crippen molar-refractivity contribution in [2.75, 3.05) is 0 Å². The molecule has 6 rings (SSSR count). The van der Waals surface area contributed by atoms with Crippen LogP contribution in [0.4, 0.5) is 0 Å². The second kappa shape index (κ2) is 8.68. The number of aryl methyl sites for hydroxylation is 2. The fourth-order valence-electron chi connectivity index (χ4n) is 9.32. The number of hydrogen-bond acceptors (Lipinski definition) is 4. The SMILES string of the molecule is Cc1ccc2nc(CCC(C)[C@H]3C=C[C@H]4[C@@H]5[C@H](O)C[C@@H]6C[C@H](O)CC[C@]6(C)[C@H]5C[C@H](O)[C@]34C)[nH]c2c1. The molecule has 3 saturated carbocycles. The van der Waals surface area contributed by atoms with Crippen molar-refractivity contribution in [3.05, 3.63) is 41.7 Å². The largest absolute Gasteiger partial charge is 0.393 e. The molecule has 1 aromatic carbocycles. The van der Waals surface area contributed by atoms with Crippen LogP contribution in [-0.4, -0.2) is 43.6 Å². The quantitative estimate of drug-likeness (QED) is 0.443. The maximum atomic E-state index is 11.8. The van der Waals surface area contributed by atoms with E-state index in [-0.39, 0.29) is 46.9 Å². The molecule has 196 valence electrons. The van der Waals surface area contributed by atoms with Crippen LogP contribution >= 0.6 is 0 Å². The van der Waals surface area contributed by atoms with Crippen LogP contribution in [0.3, 0.4) is 0 Å². The summed E-state index contributed by atoms with van der Waals surface area (Å²) in [5.41, 5.74) is 3.22. The molecular formula is C31H44N2O3. The molecule has 36 heavy (non-hydrogen) atoms. The number of rotatable bonds is 4. The maximum absolute atomic E-state index is 11.8. The highest BCUT2D eigenvalue weighted by atomic mass is 16.3. The van der Waals surface area contributed by atoms with Crippen molar-refractivity contribution >= 4 is 11.0 Å². The third-order valence-corrected chi connectivity index (χ3v) is 11.5. The van der Waals surface area contributed by atoms with Gasteiger partial charge in [0.15, 0.2) is 0 Å². The molecule has 0 aliphatic heterocycles. The van der Waals surface area contributed by atoms with E-state index in [0.717, 1.165) is 61.8 Å². The van der Waals surface area contributed by atoms with Crippen LogP contribution in [0.25, 0.3) is 11.0 Å². The summed E-state index contributed by atoms with van der Waals surface area (Å²) in [5, 5.41) is 33.5. The molecule has 1 heterocycles. The van der Waals surface area contributed by atoms with Crippen molar-refractivity contribution < 1.29 is 15.3 Å². The molecule has 4 aliphatic carbocycles. The van der Waals surface area contributed by atoms with Gasteiger partial charge in [-0.15, -0.1) is 0 Å². The molecule has 11 atom stereocenters. The number of benzene rings is 1. The van der Waals surface area contributed by atoms with Crippen LogP contribution in [0.1, 0.15) is 70.7 Å². The van der Waals surface area contributed by atoms with Gasteiger partial charge in [0.05, 0.1) is 29.3 Å². The van der Waals surface area contributed by atoms with Gasteiger partial charge >= 0.3 is 0 Å². The number of nitrogens with zero attached hydrogens (tertiary/aromatic N) is 1. The fraction of sp³-hybridized carbons (Fsp3) is 0.710. The standard InChI is InChI=1S/C31H44N2O3/c1-17-5-9-24-25(13-17)33-28(32-24)10-6-18(2)21-7-8-22-29-23(16-27(36)31(21,22)4)30(3)12-11-20(34)14-19(30)15-26(29)35/h5,7-9,13,18-23,26-27,29,34-36H,6,10-12,14-16H2,1-4H3,(H,32,33)/t18?,19-,20+,21+,22-,23-,26+,27-,29-,30-,31+/m0/s1. The number of imidazole rings is 1. The normalized spacial score (nSPS) is 44.8. The van der Waals surface area contributed by atoms with Gasteiger partial charge < -0.3 is 20.3 Å². The van der Waals surface area contributed by atoms with Crippen LogP contribution in [0, 0.1) is 53.3 Å². The van der Waals surface area contributed by atoms with E-state index in [9.17, 15) is 15.3 Å². The molecule has 0 bridgehead atoms. The van der Waals surface area contributed by atoms with E-state index in [1.54, 1.807) is 0 Å². The topological polar surface area (TPSA) is 89.4 Å². The third kappa shape index (κ3) is 3.64. The Bertz CT molecular complexity index is 1160. The zero-order valence-electron chi connectivity index (χ0n) is 22.3. The first-order chi connectivity index (χ1) is 17.1. The Morgan fingerprint density at radius 3 is 2.72 bits per heavy atom. The Morgan fingerprint density at radius 2 is 1.92 bits per heavy atom. The maximum Gasteiger partial charge on any atom is 0.107 e. The lowest BCUT2D eigenvalue weighted by molar-refractivity contribution is -0.201. The Balaban J connectivity index is 1.21. The molecule has 0 radical (unpaired) electrons. The number of allylic oxidation sites excluding steroid dienone is 2. The summed E-state index contributed by atoms with van der Waals surface area (Å²) in [6.07, 6.45) is 9.87. The molecule has 4 N–H and O–H groups in total. The van der Waals surface area contributed by atoms with E-state index in [1.807, 2.05) is 0 Å². The predicted molar refractivity (Wildman–Crippen MR) is 142 cm³/mol. The average Bonchev–Trinajstić information content (AvgIpc) is 3.40.